The maximum atomic E-state index is 11.1. The van der Waals surface area contributed by atoms with Gasteiger partial charge in [0.05, 0.1) is 13.5 Å². The first-order valence-electron chi connectivity index (χ1n) is 7.34. The van der Waals surface area contributed by atoms with E-state index in [1.807, 2.05) is 19.9 Å². The highest BCUT2D eigenvalue weighted by Crippen LogP contribution is 2.40. The van der Waals surface area contributed by atoms with E-state index in [0.717, 1.165) is 11.3 Å². The minimum absolute atomic E-state index is 0.109. The molecule has 0 unspecified atom stereocenters. The SMILES string of the molecule is COc1ccc(C2CCCC2)cc1C(C)(C)CC(=O)O. The molecule has 1 aliphatic rings. The lowest BCUT2D eigenvalue weighted by molar-refractivity contribution is -0.138. The first-order chi connectivity index (χ1) is 9.44. The number of methoxy groups -OCH3 is 1. The van der Waals surface area contributed by atoms with Crippen LogP contribution in [0.5, 0.6) is 5.75 Å². The monoisotopic (exact) mass is 276 g/mol. The van der Waals surface area contributed by atoms with Gasteiger partial charge < -0.3 is 9.84 Å². The van der Waals surface area contributed by atoms with Gasteiger partial charge in [-0.3, -0.25) is 4.79 Å². The van der Waals surface area contributed by atoms with Gasteiger partial charge in [0.2, 0.25) is 0 Å². The zero-order valence-corrected chi connectivity index (χ0v) is 12.6. The van der Waals surface area contributed by atoms with Gasteiger partial charge in [-0.1, -0.05) is 38.8 Å². The van der Waals surface area contributed by atoms with Crippen LogP contribution in [0.3, 0.4) is 0 Å². The van der Waals surface area contributed by atoms with E-state index >= 15 is 0 Å². The molecule has 1 saturated carbocycles. The van der Waals surface area contributed by atoms with E-state index in [2.05, 4.69) is 12.1 Å². The summed E-state index contributed by atoms with van der Waals surface area (Å²) in [5.41, 5.74) is 1.91. The summed E-state index contributed by atoms with van der Waals surface area (Å²) in [6.07, 6.45) is 5.18. The summed E-state index contributed by atoms with van der Waals surface area (Å²) in [5, 5.41) is 9.11. The average Bonchev–Trinajstić information content (AvgIpc) is 2.90. The fourth-order valence-corrected chi connectivity index (χ4v) is 3.24. The molecule has 20 heavy (non-hydrogen) atoms. The van der Waals surface area contributed by atoms with Crippen LogP contribution in [-0.2, 0) is 10.2 Å². The van der Waals surface area contributed by atoms with Crippen LogP contribution in [-0.4, -0.2) is 18.2 Å². The summed E-state index contributed by atoms with van der Waals surface area (Å²) in [7, 11) is 1.64. The van der Waals surface area contributed by atoms with Gasteiger partial charge in [0.1, 0.15) is 5.75 Å². The van der Waals surface area contributed by atoms with Crippen molar-refractivity contribution in [3.8, 4) is 5.75 Å². The topological polar surface area (TPSA) is 46.5 Å². The third-order valence-electron chi connectivity index (χ3n) is 4.37. The van der Waals surface area contributed by atoms with Crippen molar-refractivity contribution >= 4 is 5.97 Å². The smallest absolute Gasteiger partial charge is 0.304 e. The van der Waals surface area contributed by atoms with Crippen molar-refractivity contribution in [1.82, 2.24) is 0 Å². The molecule has 1 N–H and O–H groups in total. The largest absolute Gasteiger partial charge is 0.496 e. The minimum atomic E-state index is -0.775. The molecule has 0 atom stereocenters. The van der Waals surface area contributed by atoms with Gasteiger partial charge in [0, 0.05) is 11.0 Å². The van der Waals surface area contributed by atoms with Crippen LogP contribution >= 0.6 is 0 Å². The van der Waals surface area contributed by atoms with Crippen molar-refractivity contribution in [3.63, 3.8) is 0 Å². The summed E-state index contributed by atoms with van der Waals surface area (Å²) in [4.78, 5) is 11.1. The van der Waals surface area contributed by atoms with Crippen LogP contribution in [0.15, 0.2) is 18.2 Å². The molecule has 1 aliphatic carbocycles. The molecule has 3 heteroatoms. The van der Waals surface area contributed by atoms with Gasteiger partial charge in [0.25, 0.3) is 0 Å². The molecule has 0 bridgehead atoms. The van der Waals surface area contributed by atoms with E-state index in [0.29, 0.717) is 5.92 Å². The van der Waals surface area contributed by atoms with Crippen molar-refractivity contribution in [3.05, 3.63) is 29.3 Å². The van der Waals surface area contributed by atoms with E-state index in [9.17, 15) is 4.79 Å². The minimum Gasteiger partial charge on any atom is -0.496 e. The van der Waals surface area contributed by atoms with Crippen LogP contribution < -0.4 is 4.74 Å². The molecule has 0 aromatic heterocycles. The molecule has 0 amide bonds. The maximum Gasteiger partial charge on any atom is 0.304 e. The lowest BCUT2D eigenvalue weighted by atomic mass is 9.79. The molecular weight excluding hydrogens is 252 g/mol. The fourth-order valence-electron chi connectivity index (χ4n) is 3.24. The van der Waals surface area contributed by atoms with Crippen molar-refractivity contribution < 1.29 is 14.6 Å². The molecule has 0 saturated heterocycles. The average molecular weight is 276 g/mol. The molecule has 3 nitrogen and oxygen atoms in total. The van der Waals surface area contributed by atoms with E-state index in [1.54, 1.807) is 7.11 Å². The maximum absolute atomic E-state index is 11.1. The number of carboxylic acids is 1. The summed E-state index contributed by atoms with van der Waals surface area (Å²) >= 11 is 0. The second kappa shape index (κ2) is 5.86. The molecular formula is C17H24O3. The van der Waals surface area contributed by atoms with Crippen LogP contribution in [0.1, 0.15) is 63.0 Å². The van der Waals surface area contributed by atoms with Crippen molar-refractivity contribution in [1.29, 1.82) is 0 Å². The van der Waals surface area contributed by atoms with Gasteiger partial charge in [-0.25, -0.2) is 0 Å². The quantitative estimate of drug-likeness (QED) is 0.880. The lowest BCUT2D eigenvalue weighted by Gasteiger charge is -2.27. The summed E-state index contributed by atoms with van der Waals surface area (Å²) in [6, 6.07) is 6.29. The van der Waals surface area contributed by atoms with Crippen LogP contribution in [0.2, 0.25) is 0 Å². The number of carbonyl (C=O) groups is 1. The number of rotatable bonds is 5. The van der Waals surface area contributed by atoms with Crippen molar-refractivity contribution in [2.24, 2.45) is 0 Å². The van der Waals surface area contributed by atoms with Crippen LogP contribution in [0, 0.1) is 0 Å². The number of aliphatic carboxylic acids is 1. The Kier molecular flexibility index (Phi) is 4.36. The third-order valence-corrected chi connectivity index (χ3v) is 4.37. The second-order valence-electron chi connectivity index (χ2n) is 6.40. The third kappa shape index (κ3) is 3.14. The molecule has 1 aromatic rings. The molecule has 110 valence electrons. The molecule has 1 fully saturated rings. The van der Waals surface area contributed by atoms with E-state index in [-0.39, 0.29) is 6.42 Å². The highest BCUT2D eigenvalue weighted by molar-refractivity contribution is 5.69. The number of hydrogen-bond donors (Lipinski definition) is 1. The fraction of sp³-hybridized carbons (Fsp3) is 0.588. The van der Waals surface area contributed by atoms with Gasteiger partial charge in [-0.15, -0.1) is 0 Å². The Morgan fingerprint density at radius 2 is 2.00 bits per heavy atom. The Balaban J connectivity index is 2.37. The number of carboxylic acid groups (broad SMARTS) is 1. The van der Waals surface area contributed by atoms with Gasteiger partial charge in [0.15, 0.2) is 0 Å². The molecule has 0 heterocycles. The predicted octanol–water partition coefficient (Wildman–Crippen LogP) is 4.11. The molecule has 0 spiro atoms. The van der Waals surface area contributed by atoms with Crippen LogP contribution in [0.4, 0.5) is 0 Å². The zero-order valence-electron chi connectivity index (χ0n) is 12.6. The summed E-state index contributed by atoms with van der Waals surface area (Å²) < 4.78 is 5.44. The highest BCUT2D eigenvalue weighted by atomic mass is 16.5. The Hall–Kier alpha value is -1.51. The summed E-state index contributed by atoms with van der Waals surface area (Å²) in [6.45, 7) is 3.94. The molecule has 0 radical (unpaired) electrons. The lowest BCUT2D eigenvalue weighted by Crippen LogP contribution is -2.22. The predicted molar refractivity (Wildman–Crippen MR) is 79.5 cm³/mol. The van der Waals surface area contributed by atoms with Crippen molar-refractivity contribution in [2.75, 3.05) is 7.11 Å². The Morgan fingerprint density at radius 3 is 2.55 bits per heavy atom. The Bertz CT molecular complexity index is 485. The first-order valence-corrected chi connectivity index (χ1v) is 7.34. The Morgan fingerprint density at radius 1 is 1.35 bits per heavy atom. The normalized spacial score (nSPS) is 16.4. The van der Waals surface area contributed by atoms with E-state index in [4.69, 9.17) is 9.84 Å². The number of benzene rings is 1. The highest BCUT2D eigenvalue weighted by Gasteiger charge is 2.29. The zero-order chi connectivity index (χ0) is 14.8. The standard InChI is InChI=1S/C17H24O3/c1-17(2,11-16(18)19)14-10-13(8-9-15(14)20-3)12-6-4-5-7-12/h8-10,12H,4-7,11H2,1-3H3,(H,18,19). The molecule has 1 aromatic carbocycles. The molecule has 2 rings (SSSR count). The number of ether oxygens (including phenoxy) is 1. The van der Waals surface area contributed by atoms with Crippen molar-refractivity contribution in [2.45, 2.75) is 57.3 Å². The van der Waals surface area contributed by atoms with Gasteiger partial charge in [-0.05, 0) is 30.4 Å². The van der Waals surface area contributed by atoms with Gasteiger partial charge >= 0.3 is 5.97 Å². The van der Waals surface area contributed by atoms with E-state index < -0.39 is 11.4 Å². The summed E-state index contributed by atoms with van der Waals surface area (Å²) in [5.74, 6) is 0.640. The van der Waals surface area contributed by atoms with Gasteiger partial charge in [-0.2, -0.15) is 0 Å². The number of hydrogen-bond acceptors (Lipinski definition) is 2. The Labute approximate surface area is 121 Å². The first kappa shape index (κ1) is 14.9. The van der Waals surface area contributed by atoms with Crippen LogP contribution in [0.25, 0.3) is 0 Å². The van der Waals surface area contributed by atoms with E-state index in [1.165, 1.54) is 31.2 Å². The molecule has 0 aliphatic heterocycles. The second-order valence-corrected chi connectivity index (χ2v) is 6.40.